The number of halogens is 3. The van der Waals surface area contributed by atoms with E-state index in [1.165, 1.54) is 21.1 Å². The number of nitrogens with one attached hydrogen (secondary N) is 1. The maximum absolute atomic E-state index is 12.9. The molecule has 6 rings (SSSR count). The van der Waals surface area contributed by atoms with Crippen LogP contribution in [0.15, 0.2) is 48.0 Å². The molecule has 6 heterocycles. The molecule has 2 aliphatic heterocycles. The molecule has 280 valence electrons. The van der Waals surface area contributed by atoms with Gasteiger partial charge in [0.05, 0.1) is 20.1 Å². The standard InChI is InChI=1S/C19H25ClN2O2S.C14H17ClN2OS.C6H11Cl/c1-19(2,3)18(23)22-14(4-5-15-6-7-17(20)25-15)12-16(21-22)13-8-10-24-11-9-13;15-14-4-3-12(19-14)2-1-11-9-13(17-16-11)10-5-7-18-8-6-10;1-5(7)6(2,3)4/h6-7,12-13H,4-5,8-11H2,1-3H3;3-4,9-10H,1-2,5-8H2,(H,16,17);1H2,2-4H3. The number of H-pyrrole nitrogens is 1. The minimum atomic E-state index is -0.458. The van der Waals surface area contributed by atoms with Gasteiger partial charge in [0, 0.05) is 69.9 Å². The minimum absolute atomic E-state index is 0.0463. The molecule has 51 heavy (non-hydrogen) atoms. The predicted octanol–water partition coefficient (Wildman–Crippen LogP) is 11.6. The fourth-order valence-electron chi connectivity index (χ4n) is 5.50. The minimum Gasteiger partial charge on any atom is -0.381 e. The van der Waals surface area contributed by atoms with Gasteiger partial charge in [-0.2, -0.15) is 10.2 Å². The molecule has 0 amide bonds. The highest BCUT2D eigenvalue weighted by molar-refractivity contribution is 7.16. The van der Waals surface area contributed by atoms with Gasteiger partial charge in [-0.05, 0) is 93.2 Å². The normalized spacial score (nSPS) is 15.9. The molecule has 0 aromatic carbocycles. The molecule has 0 atom stereocenters. The van der Waals surface area contributed by atoms with E-state index in [1.54, 1.807) is 27.4 Å². The molecule has 4 aromatic heterocycles. The number of hydrogen-bond donors (Lipinski definition) is 1. The van der Waals surface area contributed by atoms with Crippen molar-refractivity contribution in [3.63, 3.8) is 0 Å². The van der Waals surface area contributed by atoms with Crippen LogP contribution in [-0.2, 0) is 35.2 Å². The van der Waals surface area contributed by atoms with Crippen molar-refractivity contribution in [2.24, 2.45) is 10.8 Å². The van der Waals surface area contributed by atoms with Crippen LogP contribution in [0.25, 0.3) is 0 Å². The summed E-state index contributed by atoms with van der Waals surface area (Å²) < 4.78 is 14.1. The Labute approximate surface area is 327 Å². The number of carbonyl (C=O) groups excluding carboxylic acids is 1. The Balaban J connectivity index is 0.000000198. The molecule has 2 fully saturated rings. The number of nitrogens with zero attached hydrogens (tertiary/aromatic N) is 3. The number of ether oxygens (including phenoxy) is 2. The topological polar surface area (TPSA) is 82.0 Å². The number of rotatable bonds is 8. The average Bonchev–Trinajstić information content (AvgIpc) is 3.91. The zero-order chi connectivity index (χ0) is 37.2. The lowest BCUT2D eigenvalue weighted by atomic mass is 9.95. The van der Waals surface area contributed by atoms with Crippen molar-refractivity contribution in [2.75, 3.05) is 26.4 Å². The number of thiophene rings is 2. The quantitative estimate of drug-likeness (QED) is 0.192. The van der Waals surface area contributed by atoms with Crippen molar-refractivity contribution in [2.45, 2.75) is 105 Å². The highest BCUT2D eigenvalue weighted by atomic mass is 35.5. The van der Waals surface area contributed by atoms with E-state index in [2.05, 4.69) is 41.0 Å². The summed E-state index contributed by atoms with van der Waals surface area (Å²) in [5, 5.41) is 13.0. The second-order valence-corrected chi connectivity index (χ2v) is 19.2. The lowest BCUT2D eigenvalue weighted by Crippen LogP contribution is -2.29. The van der Waals surface area contributed by atoms with Crippen molar-refractivity contribution in [3.8, 4) is 0 Å². The molecule has 1 N–H and O–H groups in total. The Kier molecular flexibility index (Phi) is 15.9. The van der Waals surface area contributed by atoms with Gasteiger partial charge in [0.2, 0.25) is 0 Å². The van der Waals surface area contributed by atoms with Crippen molar-refractivity contribution in [1.82, 2.24) is 20.0 Å². The third-order valence-corrected chi connectivity index (χ3v) is 12.1. The van der Waals surface area contributed by atoms with Crippen LogP contribution in [0.3, 0.4) is 0 Å². The summed E-state index contributed by atoms with van der Waals surface area (Å²) in [6, 6.07) is 12.4. The predicted molar refractivity (Wildman–Crippen MR) is 214 cm³/mol. The lowest BCUT2D eigenvalue weighted by molar-refractivity contribution is 0.0739. The van der Waals surface area contributed by atoms with E-state index >= 15 is 0 Å². The fraction of sp³-hybridized carbons (Fsp3) is 0.564. The number of allylic oxidation sites excluding steroid dienone is 1. The molecular formula is C39H53Cl3N4O3S2. The Morgan fingerprint density at radius 1 is 0.804 bits per heavy atom. The van der Waals surface area contributed by atoms with Gasteiger partial charge < -0.3 is 9.47 Å². The van der Waals surface area contributed by atoms with Crippen molar-refractivity contribution in [1.29, 1.82) is 0 Å². The molecule has 0 saturated carbocycles. The fourth-order valence-corrected chi connectivity index (χ4v) is 7.67. The van der Waals surface area contributed by atoms with Gasteiger partial charge in [-0.25, -0.2) is 4.68 Å². The van der Waals surface area contributed by atoms with Crippen LogP contribution in [0.5, 0.6) is 0 Å². The van der Waals surface area contributed by atoms with Crippen molar-refractivity contribution in [3.05, 3.63) is 89.2 Å². The molecule has 12 heteroatoms. The van der Waals surface area contributed by atoms with Gasteiger partial charge in [0.25, 0.3) is 5.91 Å². The summed E-state index contributed by atoms with van der Waals surface area (Å²) in [4.78, 5) is 15.4. The second kappa shape index (κ2) is 19.4. The monoisotopic (exact) mass is 794 g/mol. The molecule has 7 nitrogen and oxygen atoms in total. The SMILES string of the molecule is C=C(Cl)C(C)(C)C.CC(C)(C)C(=O)n1nc(C2CCOCC2)cc1CCc1ccc(Cl)s1.Clc1ccc(CCc2cc(C3CCOCC3)n[nH]2)s1. The van der Waals surface area contributed by atoms with E-state index in [1.807, 2.05) is 53.7 Å². The van der Waals surface area contributed by atoms with E-state index in [9.17, 15) is 4.79 Å². The summed E-state index contributed by atoms with van der Waals surface area (Å²) in [6.45, 7) is 18.8. The molecule has 2 aliphatic rings. The summed E-state index contributed by atoms with van der Waals surface area (Å²) >= 11 is 20.8. The van der Waals surface area contributed by atoms with E-state index in [-0.39, 0.29) is 11.3 Å². The van der Waals surface area contributed by atoms with Crippen molar-refractivity contribution >= 4 is 63.4 Å². The number of aromatic amines is 1. The van der Waals surface area contributed by atoms with Crippen LogP contribution < -0.4 is 0 Å². The summed E-state index contributed by atoms with van der Waals surface area (Å²) in [7, 11) is 0. The van der Waals surface area contributed by atoms with E-state index < -0.39 is 5.41 Å². The van der Waals surface area contributed by atoms with E-state index in [0.29, 0.717) is 16.9 Å². The molecule has 0 bridgehead atoms. The first kappa shape index (κ1) is 41.8. The van der Waals surface area contributed by atoms with Gasteiger partial charge in [0.15, 0.2) is 0 Å². The highest BCUT2D eigenvalue weighted by Gasteiger charge is 2.28. The summed E-state index contributed by atoms with van der Waals surface area (Å²) in [6.07, 6.45) is 7.79. The summed E-state index contributed by atoms with van der Waals surface area (Å²) in [5.41, 5.74) is 4.04. The smallest absolute Gasteiger partial charge is 0.252 e. The Bertz CT molecular complexity index is 1680. The maximum Gasteiger partial charge on any atom is 0.252 e. The Morgan fingerprint density at radius 2 is 1.29 bits per heavy atom. The number of hydrogen-bond acceptors (Lipinski definition) is 7. The maximum atomic E-state index is 12.9. The zero-order valence-electron chi connectivity index (χ0n) is 30.8. The molecule has 0 spiro atoms. The van der Waals surface area contributed by atoms with E-state index in [4.69, 9.17) is 49.4 Å². The molecule has 0 radical (unpaired) electrons. The van der Waals surface area contributed by atoms with Gasteiger partial charge >= 0.3 is 0 Å². The zero-order valence-corrected chi connectivity index (χ0v) is 34.7. The third kappa shape index (κ3) is 13.4. The third-order valence-electron chi connectivity index (χ3n) is 8.91. The Morgan fingerprint density at radius 3 is 1.75 bits per heavy atom. The van der Waals surface area contributed by atoms with Crippen LogP contribution in [-0.4, -0.2) is 52.3 Å². The molecule has 0 unspecified atom stereocenters. The highest BCUT2D eigenvalue weighted by Crippen LogP contribution is 2.30. The van der Waals surface area contributed by atoms with Crippen LogP contribution >= 0.6 is 57.5 Å². The molecule has 2 saturated heterocycles. The van der Waals surface area contributed by atoms with Gasteiger partial charge in [-0.3, -0.25) is 9.89 Å². The first-order chi connectivity index (χ1) is 24.1. The largest absolute Gasteiger partial charge is 0.381 e. The van der Waals surface area contributed by atoms with Crippen LogP contribution in [0.4, 0.5) is 0 Å². The van der Waals surface area contributed by atoms with E-state index in [0.717, 1.165) is 97.9 Å². The number of aromatic nitrogens is 4. The summed E-state index contributed by atoms with van der Waals surface area (Å²) in [5.74, 6) is 0.998. The van der Waals surface area contributed by atoms with Crippen LogP contribution in [0, 0.1) is 10.8 Å². The lowest BCUT2D eigenvalue weighted by Gasteiger charge is -2.20. The first-order valence-electron chi connectivity index (χ1n) is 17.8. The molecule has 0 aliphatic carbocycles. The van der Waals surface area contributed by atoms with Crippen LogP contribution in [0.1, 0.15) is 116 Å². The average molecular weight is 796 g/mol. The number of aryl methyl sites for hydroxylation is 4. The molecule has 4 aromatic rings. The first-order valence-corrected chi connectivity index (χ1v) is 20.5. The van der Waals surface area contributed by atoms with Crippen molar-refractivity contribution < 1.29 is 14.3 Å². The van der Waals surface area contributed by atoms with Gasteiger partial charge in [-0.1, -0.05) is 82.9 Å². The second-order valence-electron chi connectivity index (χ2n) is 15.2. The van der Waals surface area contributed by atoms with Crippen LogP contribution in [0.2, 0.25) is 8.67 Å². The molecular weight excluding hydrogens is 743 g/mol. The number of carbonyl (C=O) groups is 1. The Hall–Kier alpha value is -1.98. The van der Waals surface area contributed by atoms with Gasteiger partial charge in [0.1, 0.15) is 0 Å². The van der Waals surface area contributed by atoms with Gasteiger partial charge in [-0.15, -0.1) is 22.7 Å².